The Kier molecular flexibility index (Phi) is 7.18. The van der Waals surface area contributed by atoms with Crippen molar-refractivity contribution in [1.29, 1.82) is 0 Å². The van der Waals surface area contributed by atoms with Crippen LogP contribution in [0.3, 0.4) is 0 Å². The molecule has 2 aromatic rings. The Bertz CT molecular complexity index is 788. The molecule has 0 fully saturated rings. The van der Waals surface area contributed by atoms with E-state index in [-0.39, 0.29) is 44.0 Å². The quantitative estimate of drug-likeness (QED) is 0.353. The lowest BCUT2D eigenvalue weighted by molar-refractivity contribution is -0.671. The van der Waals surface area contributed by atoms with Gasteiger partial charge in [-0.15, -0.1) is 4.47 Å². The molecule has 0 atom stereocenters. The first-order chi connectivity index (χ1) is 10.7. The van der Waals surface area contributed by atoms with Crippen LogP contribution >= 0.6 is 23.2 Å². The summed E-state index contributed by atoms with van der Waals surface area (Å²) in [5.74, 6) is -0.231. The molecule has 11 heteroatoms. The Balaban J connectivity index is 0.00000288. The molecule has 0 unspecified atom stereocenters. The van der Waals surface area contributed by atoms with Gasteiger partial charge in [-0.1, -0.05) is 23.2 Å². The summed E-state index contributed by atoms with van der Waals surface area (Å²) in [4.78, 5) is 0. The summed E-state index contributed by atoms with van der Waals surface area (Å²) in [6.07, 6.45) is 5.86. The highest BCUT2D eigenvalue weighted by Gasteiger charge is 2.22. The number of hydrogen-bond donors (Lipinski definition) is 2. The Morgan fingerprint density at radius 3 is 2.42 bits per heavy atom. The van der Waals surface area contributed by atoms with Gasteiger partial charge in [0.05, 0.1) is 40.8 Å². The molecular weight excluding hydrogens is 399 g/mol. The van der Waals surface area contributed by atoms with E-state index < -0.39 is 10.0 Å². The highest BCUT2D eigenvalue weighted by Crippen LogP contribution is 2.33. The van der Waals surface area contributed by atoms with Gasteiger partial charge < -0.3 is 18.1 Å². The number of hydrogen-bond acceptors (Lipinski definition) is 4. The van der Waals surface area contributed by atoms with Crippen molar-refractivity contribution in [2.75, 3.05) is 16.0 Å². The van der Waals surface area contributed by atoms with Crippen molar-refractivity contribution in [2.24, 2.45) is 7.05 Å². The van der Waals surface area contributed by atoms with Crippen molar-refractivity contribution in [3.8, 4) is 0 Å². The maximum atomic E-state index is 12.2. The maximum absolute atomic E-state index is 12.2. The van der Waals surface area contributed by atoms with E-state index in [0.717, 1.165) is 0 Å². The van der Waals surface area contributed by atoms with Crippen LogP contribution < -0.4 is 27.2 Å². The number of benzene rings is 1. The van der Waals surface area contributed by atoms with Gasteiger partial charge in [0.1, 0.15) is 12.4 Å². The highest BCUT2D eigenvalue weighted by molar-refractivity contribution is 7.92. The number of aromatic nitrogens is 2. The number of anilines is 2. The molecule has 0 aliphatic heterocycles. The van der Waals surface area contributed by atoms with Crippen LogP contribution in [0, 0.1) is 0 Å². The van der Waals surface area contributed by atoms with Crippen molar-refractivity contribution in [3.05, 3.63) is 40.9 Å². The summed E-state index contributed by atoms with van der Waals surface area (Å²) in [6.45, 7) is 0.511. The van der Waals surface area contributed by atoms with Crippen molar-refractivity contribution < 1.29 is 30.6 Å². The number of halogens is 3. The van der Waals surface area contributed by atoms with Gasteiger partial charge in [-0.25, -0.2) is 17.6 Å². The smallest absolute Gasteiger partial charge is 0.257 e. The fraction of sp³-hybridized carbons (Fsp3) is 0.308. The summed E-state index contributed by atoms with van der Waals surface area (Å²) in [5, 5.41) is 10.1. The molecule has 0 radical (unpaired) electrons. The van der Waals surface area contributed by atoms with Crippen LogP contribution in [0.25, 0.3) is 0 Å². The van der Waals surface area contributed by atoms with Crippen LogP contribution in [0.15, 0.2) is 30.9 Å². The number of aryl methyl sites for hydroxylation is 2. The van der Waals surface area contributed by atoms with E-state index in [1.54, 1.807) is 0 Å². The van der Waals surface area contributed by atoms with Crippen LogP contribution in [-0.4, -0.2) is 23.9 Å². The number of nitrogen functional groups attached to an aromatic ring is 1. The van der Waals surface area contributed by atoms with Crippen molar-refractivity contribution in [1.82, 2.24) is 4.57 Å². The first kappa shape index (κ1) is 20.9. The molecule has 2 rings (SSSR count). The van der Waals surface area contributed by atoms with Crippen LogP contribution in [0.1, 0.15) is 6.42 Å². The Morgan fingerprint density at radius 2 is 1.92 bits per heavy atom. The predicted octanol–water partition coefficient (Wildman–Crippen LogP) is -1.18. The molecule has 24 heavy (non-hydrogen) atoms. The Labute approximate surface area is 156 Å². The number of imidazole rings is 1. The lowest BCUT2D eigenvalue weighted by Crippen LogP contribution is -3.00. The third-order valence-electron chi connectivity index (χ3n) is 3.19. The predicted molar refractivity (Wildman–Crippen MR) is 89.2 cm³/mol. The second-order valence-electron chi connectivity index (χ2n) is 5.05. The molecule has 7 nitrogen and oxygen atoms in total. The van der Waals surface area contributed by atoms with Crippen LogP contribution in [0.5, 0.6) is 0 Å². The van der Waals surface area contributed by atoms with Gasteiger partial charge >= 0.3 is 0 Å². The minimum absolute atomic E-state index is 0. The van der Waals surface area contributed by atoms with Gasteiger partial charge in [-0.3, -0.25) is 5.21 Å². The largest absolute Gasteiger partial charge is 1.00 e. The summed E-state index contributed by atoms with van der Waals surface area (Å²) in [6, 6.07) is 2.48. The second kappa shape index (κ2) is 8.26. The summed E-state index contributed by atoms with van der Waals surface area (Å²) >= 11 is 11.7. The Morgan fingerprint density at radius 1 is 1.33 bits per heavy atom. The molecular formula is C13H17Cl3N4O3S. The third kappa shape index (κ3) is 4.90. The molecule has 0 amide bonds. The zero-order valence-electron chi connectivity index (χ0n) is 12.7. The van der Waals surface area contributed by atoms with E-state index >= 15 is 0 Å². The van der Waals surface area contributed by atoms with Crippen LogP contribution in [-0.2, 0) is 23.6 Å². The molecule has 1 heterocycles. The monoisotopic (exact) mass is 414 g/mol. The van der Waals surface area contributed by atoms with E-state index in [4.69, 9.17) is 28.9 Å². The van der Waals surface area contributed by atoms with Crippen LogP contribution in [0.4, 0.5) is 11.4 Å². The van der Waals surface area contributed by atoms with Gasteiger partial charge in [0, 0.05) is 6.42 Å². The summed E-state index contributed by atoms with van der Waals surface area (Å²) < 4.78 is 28.2. The molecule has 0 aliphatic carbocycles. The lowest BCUT2D eigenvalue weighted by Gasteiger charge is -2.18. The summed E-state index contributed by atoms with van der Waals surface area (Å²) in [7, 11) is -2.04. The fourth-order valence-corrected chi connectivity index (χ4v) is 3.56. The average Bonchev–Trinajstić information content (AvgIpc) is 2.88. The zero-order chi connectivity index (χ0) is 17.2. The number of nitrogens with two attached hydrogens (primary N) is 1. The standard InChI is InChI=1S/C13H17Cl2N4O3S.ClH/c1-17-4-5-18(9-17)3-2-6-23(21,22)19(20)10-7-11(14)13(16)12(15)8-10;/h4-5,7-9,20H,2-3,6,16H2,1H3;1H/q+1;/p-1. The van der Waals surface area contributed by atoms with Gasteiger partial charge in [-0.05, 0) is 12.1 Å². The Hall–Kier alpha value is -1.19. The van der Waals surface area contributed by atoms with Crippen molar-refractivity contribution in [3.63, 3.8) is 0 Å². The molecule has 0 saturated heterocycles. The van der Waals surface area contributed by atoms with Crippen molar-refractivity contribution in [2.45, 2.75) is 13.0 Å². The molecule has 3 N–H and O–H groups in total. The van der Waals surface area contributed by atoms with Gasteiger partial charge in [0.15, 0.2) is 0 Å². The van der Waals surface area contributed by atoms with E-state index in [1.165, 1.54) is 12.1 Å². The number of nitrogens with zero attached hydrogens (tertiary/aromatic N) is 3. The minimum Gasteiger partial charge on any atom is -1.00 e. The molecule has 0 bridgehead atoms. The first-order valence-electron chi connectivity index (χ1n) is 6.68. The molecule has 0 spiro atoms. The van der Waals surface area contributed by atoms with E-state index in [0.29, 0.717) is 13.0 Å². The van der Waals surface area contributed by atoms with E-state index in [2.05, 4.69) is 0 Å². The topological polar surface area (TPSA) is 92.4 Å². The second-order valence-corrected chi connectivity index (χ2v) is 7.78. The normalized spacial score (nSPS) is 11.2. The highest BCUT2D eigenvalue weighted by atomic mass is 35.5. The van der Waals surface area contributed by atoms with Crippen molar-refractivity contribution >= 4 is 44.6 Å². The fourth-order valence-electron chi connectivity index (χ4n) is 1.99. The maximum Gasteiger partial charge on any atom is 0.257 e. The van der Waals surface area contributed by atoms with E-state index in [9.17, 15) is 13.6 Å². The summed E-state index contributed by atoms with van der Waals surface area (Å²) in [5.41, 5.74) is 5.66. The van der Waals surface area contributed by atoms with E-state index in [1.807, 2.05) is 34.9 Å². The van der Waals surface area contributed by atoms with Gasteiger partial charge in [0.2, 0.25) is 6.33 Å². The average molecular weight is 416 g/mol. The number of sulfonamides is 1. The molecule has 0 aliphatic rings. The first-order valence-corrected chi connectivity index (χ1v) is 9.04. The van der Waals surface area contributed by atoms with Gasteiger partial charge in [-0.2, -0.15) is 0 Å². The third-order valence-corrected chi connectivity index (χ3v) is 5.36. The molecule has 0 saturated carbocycles. The number of rotatable bonds is 6. The minimum atomic E-state index is -3.91. The van der Waals surface area contributed by atoms with Crippen LogP contribution in [0.2, 0.25) is 10.0 Å². The molecule has 1 aromatic heterocycles. The molecule has 134 valence electrons. The zero-order valence-corrected chi connectivity index (χ0v) is 15.8. The lowest BCUT2D eigenvalue weighted by atomic mass is 10.3. The SMILES string of the molecule is C[n+]1ccn(CCCS(=O)(=O)N(O)c2cc(Cl)c(N)c(Cl)c2)c1.[Cl-]. The van der Waals surface area contributed by atoms with Gasteiger partial charge in [0.25, 0.3) is 10.0 Å². The molecule has 1 aromatic carbocycles.